The number of hydrogen-bond donors (Lipinski definition) is 0. The highest BCUT2D eigenvalue weighted by atomic mass is 16.5. The van der Waals surface area contributed by atoms with Gasteiger partial charge in [0.1, 0.15) is 5.82 Å². The van der Waals surface area contributed by atoms with E-state index in [2.05, 4.69) is 9.88 Å². The first-order valence-corrected chi connectivity index (χ1v) is 8.93. The van der Waals surface area contributed by atoms with Gasteiger partial charge >= 0.3 is 5.97 Å². The number of piperazine rings is 1. The number of carbonyl (C=O) groups is 2. The van der Waals surface area contributed by atoms with E-state index < -0.39 is 5.97 Å². The van der Waals surface area contributed by atoms with Crippen molar-refractivity contribution >= 4 is 23.4 Å². The first-order chi connectivity index (χ1) is 13.0. The van der Waals surface area contributed by atoms with Crippen molar-refractivity contribution in [3.05, 3.63) is 54.2 Å². The second-order valence-electron chi connectivity index (χ2n) is 6.57. The lowest BCUT2D eigenvalue weighted by atomic mass is 10.2. The molecule has 1 aliphatic heterocycles. The van der Waals surface area contributed by atoms with Crippen molar-refractivity contribution in [1.82, 2.24) is 9.88 Å². The Kier molecular flexibility index (Phi) is 5.90. The van der Waals surface area contributed by atoms with E-state index in [0.717, 1.165) is 11.5 Å². The molecule has 1 amide bonds. The Bertz CT molecular complexity index is 770. The summed E-state index contributed by atoms with van der Waals surface area (Å²) < 4.78 is 5.19. The van der Waals surface area contributed by atoms with Gasteiger partial charge < -0.3 is 19.4 Å². The maximum Gasteiger partial charge on any atom is 0.338 e. The Balaban J connectivity index is 1.46. The number of hydrogen-bond acceptors (Lipinski definition) is 6. The lowest BCUT2D eigenvalue weighted by Gasteiger charge is -2.35. The minimum Gasteiger partial charge on any atom is -0.452 e. The average molecular weight is 368 g/mol. The molecule has 2 heterocycles. The van der Waals surface area contributed by atoms with Crippen LogP contribution >= 0.6 is 0 Å². The molecule has 0 aliphatic carbocycles. The van der Waals surface area contributed by atoms with Crippen LogP contribution in [0.25, 0.3) is 0 Å². The SMILES string of the molecule is CN(C)c1ccc(C(=O)OCC(=O)N2CCN(c3ccccn3)CC2)cc1. The lowest BCUT2D eigenvalue weighted by molar-refractivity contribution is -0.134. The number of esters is 1. The average Bonchev–Trinajstić information content (AvgIpc) is 2.72. The van der Waals surface area contributed by atoms with Gasteiger partial charge in [0.15, 0.2) is 6.61 Å². The van der Waals surface area contributed by atoms with Crippen LogP contribution < -0.4 is 9.80 Å². The molecular weight excluding hydrogens is 344 g/mol. The maximum atomic E-state index is 12.3. The lowest BCUT2D eigenvalue weighted by Crippen LogP contribution is -2.50. The Labute approximate surface area is 159 Å². The van der Waals surface area contributed by atoms with E-state index >= 15 is 0 Å². The first-order valence-electron chi connectivity index (χ1n) is 8.93. The number of anilines is 2. The van der Waals surface area contributed by atoms with Crippen molar-refractivity contribution in [3.63, 3.8) is 0 Å². The van der Waals surface area contributed by atoms with Gasteiger partial charge in [0, 0.05) is 52.2 Å². The molecule has 1 aromatic heterocycles. The zero-order chi connectivity index (χ0) is 19.2. The van der Waals surface area contributed by atoms with E-state index in [1.165, 1.54) is 0 Å². The summed E-state index contributed by atoms with van der Waals surface area (Å²) >= 11 is 0. The molecule has 0 bridgehead atoms. The third-order valence-corrected chi connectivity index (χ3v) is 4.55. The van der Waals surface area contributed by atoms with Gasteiger partial charge in [-0.3, -0.25) is 4.79 Å². The second kappa shape index (κ2) is 8.53. The molecule has 0 N–H and O–H groups in total. The summed E-state index contributed by atoms with van der Waals surface area (Å²) in [4.78, 5) is 34.6. The Hall–Kier alpha value is -3.09. The highest BCUT2D eigenvalue weighted by molar-refractivity contribution is 5.91. The minimum atomic E-state index is -0.485. The van der Waals surface area contributed by atoms with Gasteiger partial charge in [-0.15, -0.1) is 0 Å². The van der Waals surface area contributed by atoms with Crippen LogP contribution in [0.4, 0.5) is 11.5 Å². The Morgan fingerprint density at radius 1 is 1.04 bits per heavy atom. The summed E-state index contributed by atoms with van der Waals surface area (Å²) in [6, 6.07) is 12.9. The summed E-state index contributed by atoms with van der Waals surface area (Å²) in [6.45, 7) is 2.36. The maximum absolute atomic E-state index is 12.3. The van der Waals surface area contributed by atoms with Gasteiger partial charge in [0.2, 0.25) is 0 Å². The number of amides is 1. The third kappa shape index (κ3) is 4.75. The summed E-state index contributed by atoms with van der Waals surface area (Å²) in [7, 11) is 3.86. The van der Waals surface area contributed by atoms with Crippen LogP contribution in [-0.2, 0) is 9.53 Å². The molecule has 1 aromatic carbocycles. The normalized spacial score (nSPS) is 14.0. The smallest absolute Gasteiger partial charge is 0.338 e. The van der Waals surface area contributed by atoms with Gasteiger partial charge in [0.05, 0.1) is 5.56 Å². The Morgan fingerprint density at radius 3 is 2.33 bits per heavy atom. The molecule has 0 saturated carbocycles. The fourth-order valence-corrected chi connectivity index (χ4v) is 2.92. The van der Waals surface area contributed by atoms with Crippen LogP contribution in [0.3, 0.4) is 0 Å². The quantitative estimate of drug-likeness (QED) is 0.748. The van der Waals surface area contributed by atoms with Gasteiger partial charge in [0.25, 0.3) is 5.91 Å². The number of aromatic nitrogens is 1. The van der Waals surface area contributed by atoms with Gasteiger partial charge in [-0.2, -0.15) is 0 Å². The van der Waals surface area contributed by atoms with Crippen LogP contribution in [-0.4, -0.2) is 68.6 Å². The first kappa shape index (κ1) is 18.7. The number of ether oxygens (including phenoxy) is 1. The molecular formula is C20H24N4O3. The second-order valence-corrected chi connectivity index (χ2v) is 6.57. The molecule has 0 radical (unpaired) electrons. The van der Waals surface area contributed by atoms with Crippen molar-refractivity contribution < 1.29 is 14.3 Å². The third-order valence-electron chi connectivity index (χ3n) is 4.55. The number of carbonyl (C=O) groups excluding carboxylic acids is 2. The monoisotopic (exact) mass is 368 g/mol. The topological polar surface area (TPSA) is 66.0 Å². The van der Waals surface area contributed by atoms with Crippen molar-refractivity contribution in [2.45, 2.75) is 0 Å². The molecule has 1 fully saturated rings. The summed E-state index contributed by atoms with van der Waals surface area (Å²) in [6.07, 6.45) is 1.76. The van der Waals surface area contributed by atoms with E-state index in [1.807, 2.05) is 49.3 Å². The molecule has 0 atom stereocenters. The molecule has 142 valence electrons. The molecule has 1 aliphatic rings. The molecule has 7 heteroatoms. The molecule has 7 nitrogen and oxygen atoms in total. The highest BCUT2D eigenvalue weighted by Crippen LogP contribution is 2.14. The fourth-order valence-electron chi connectivity index (χ4n) is 2.92. The molecule has 2 aromatic rings. The van der Waals surface area contributed by atoms with Crippen molar-refractivity contribution in [1.29, 1.82) is 0 Å². The highest BCUT2D eigenvalue weighted by Gasteiger charge is 2.22. The van der Waals surface area contributed by atoms with Gasteiger partial charge in [-0.1, -0.05) is 6.07 Å². The zero-order valence-corrected chi connectivity index (χ0v) is 15.7. The van der Waals surface area contributed by atoms with E-state index in [4.69, 9.17) is 4.74 Å². The number of nitrogens with zero attached hydrogens (tertiary/aromatic N) is 4. The van der Waals surface area contributed by atoms with Crippen molar-refractivity contribution in [3.8, 4) is 0 Å². The summed E-state index contributed by atoms with van der Waals surface area (Å²) in [5.41, 5.74) is 1.43. The van der Waals surface area contributed by atoms with Crippen molar-refractivity contribution in [2.24, 2.45) is 0 Å². The molecule has 27 heavy (non-hydrogen) atoms. The van der Waals surface area contributed by atoms with E-state index in [9.17, 15) is 9.59 Å². The number of rotatable bonds is 5. The molecule has 3 rings (SSSR count). The van der Waals surface area contributed by atoms with Gasteiger partial charge in [-0.25, -0.2) is 9.78 Å². The van der Waals surface area contributed by atoms with Crippen molar-refractivity contribution in [2.75, 3.05) is 56.7 Å². The predicted molar refractivity (Wildman–Crippen MR) is 104 cm³/mol. The van der Waals surface area contributed by atoms with Crippen LogP contribution in [0.2, 0.25) is 0 Å². The van der Waals surface area contributed by atoms with E-state index in [0.29, 0.717) is 31.7 Å². The van der Waals surface area contributed by atoms with E-state index in [1.54, 1.807) is 23.2 Å². The van der Waals surface area contributed by atoms with Crippen LogP contribution in [0.5, 0.6) is 0 Å². The standard InChI is InChI=1S/C20H24N4O3/c1-22(2)17-8-6-16(7-9-17)20(26)27-15-19(25)24-13-11-23(12-14-24)18-5-3-4-10-21-18/h3-10H,11-15H2,1-2H3. The zero-order valence-electron chi connectivity index (χ0n) is 15.7. The molecule has 0 unspecified atom stereocenters. The van der Waals surface area contributed by atoms with Crippen LogP contribution in [0, 0.1) is 0 Å². The predicted octanol–water partition coefficient (Wildman–Crippen LogP) is 1.65. The fraction of sp³-hybridized carbons (Fsp3) is 0.350. The van der Waals surface area contributed by atoms with E-state index in [-0.39, 0.29) is 12.5 Å². The molecule has 1 saturated heterocycles. The molecule has 0 spiro atoms. The largest absolute Gasteiger partial charge is 0.452 e. The van der Waals surface area contributed by atoms with Gasteiger partial charge in [-0.05, 0) is 36.4 Å². The number of benzene rings is 1. The minimum absolute atomic E-state index is 0.172. The summed E-state index contributed by atoms with van der Waals surface area (Å²) in [5.74, 6) is 0.256. The van der Waals surface area contributed by atoms with Crippen LogP contribution in [0.1, 0.15) is 10.4 Å². The Morgan fingerprint density at radius 2 is 1.74 bits per heavy atom. The van der Waals surface area contributed by atoms with Crippen LogP contribution in [0.15, 0.2) is 48.7 Å². The number of pyridine rings is 1. The summed E-state index contributed by atoms with van der Waals surface area (Å²) in [5, 5.41) is 0.